The maximum Gasteiger partial charge on any atom is 0.140 e. The molecule has 0 saturated heterocycles. The molecule has 0 saturated carbocycles. The van der Waals surface area contributed by atoms with Crippen LogP contribution in [0.4, 0.5) is 0 Å². The van der Waals surface area contributed by atoms with Gasteiger partial charge in [0, 0.05) is 17.8 Å². The van der Waals surface area contributed by atoms with Crippen molar-refractivity contribution >= 4 is 11.8 Å². The highest BCUT2D eigenvalue weighted by molar-refractivity contribution is 7.99. The molecular weight excluding hydrogens is 224 g/mol. The molecule has 0 aliphatic carbocycles. The fourth-order valence-corrected chi connectivity index (χ4v) is 2.16. The molecule has 92 valence electrons. The number of rotatable bonds is 7. The Bertz CT molecular complexity index is 301. The van der Waals surface area contributed by atoms with E-state index in [0.717, 1.165) is 12.4 Å². The molecule has 1 rings (SSSR count). The highest BCUT2D eigenvalue weighted by Gasteiger charge is 2.15. The molecule has 6 heteroatoms. The predicted molar refractivity (Wildman–Crippen MR) is 66.4 cm³/mol. The van der Waals surface area contributed by atoms with E-state index in [1.807, 2.05) is 17.9 Å². The van der Waals surface area contributed by atoms with Crippen LogP contribution in [0.1, 0.15) is 19.7 Å². The second-order valence-electron chi connectivity index (χ2n) is 3.62. The molecule has 16 heavy (non-hydrogen) atoms. The smallest absolute Gasteiger partial charge is 0.140 e. The Morgan fingerprint density at radius 3 is 2.94 bits per heavy atom. The average molecular weight is 244 g/mol. The third kappa shape index (κ3) is 3.47. The minimum atomic E-state index is 0.190. The van der Waals surface area contributed by atoms with Crippen LogP contribution in [-0.2, 0) is 13.1 Å². The van der Waals surface area contributed by atoms with Crippen molar-refractivity contribution in [2.24, 2.45) is 0 Å². The standard InChI is InChI=1S/C10H20N4OS/c1-4-14-10(12-7-13-14)5-11-8(2)9(6-15)16-3/h7-9,11,15H,4-6H2,1-3H3. The maximum absolute atomic E-state index is 9.16. The van der Waals surface area contributed by atoms with E-state index in [1.165, 1.54) is 0 Å². The first-order valence-electron chi connectivity index (χ1n) is 5.46. The van der Waals surface area contributed by atoms with Crippen molar-refractivity contribution in [2.75, 3.05) is 12.9 Å². The van der Waals surface area contributed by atoms with Crippen LogP contribution < -0.4 is 5.32 Å². The monoisotopic (exact) mass is 244 g/mol. The lowest BCUT2D eigenvalue weighted by Gasteiger charge is -2.21. The molecule has 1 heterocycles. The summed E-state index contributed by atoms with van der Waals surface area (Å²) in [4.78, 5) is 4.19. The van der Waals surface area contributed by atoms with Crippen LogP contribution in [0.2, 0.25) is 0 Å². The molecule has 5 nitrogen and oxygen atoms in total. The van der Waals surface area contributed by atoms with E-state index < -0.39 is 0 Å². The van der Waals surface area contributed by atoms with Gasteiger partial charge in [0.1, 0.15) is 12.2 Å². The number of aromatic nitrogens is 3. The van der Waals surface area contributed by atoms with Crippen molar-refractivity contribution < 1.29 is 5.11 Å². The largest absolute Gasteiger partial charge is 0.395 e. The lowest BCUT2D eigenvalue weighted by atomic mass is 10.2. The Balaban J connectivity index is 2.45. The van der Waals surface area contributed by atoms with Crippen molar-refractivity contribution in [3.05, 3.63) is 12.2 Å². The van der Waals surface area contributed by atoms with Crippen molar-refractivity contribution in [3.63, 3.8) is 0 Å². The summed E-state index contributed by atoms with van der Waals surface area (Å²) in [6, 6.07) is 0.252. The molecule has 1 aromatic rings. The van der Waals surface area contributed by atoms with Crippen LogP contribution in [0.3, 0.4) is 0 Å². The molecule has 0 aromatic carbocycles. The number of nitrogens with zero attached hydrogens (tertiary/aromatic N) is 3. The van der Waals surface area contributed by atoms with Crippen LogP contribution in [-0.4, -0.2) is 44.0 Å². The molecule has 0 aliphatic heterocycles. The number of aliphatic hydroxyl groups is 1. The highest BCUT2D eigenvalue weighted by atomic mass is 32.2. The third-order valence-electron chi connectivity index (χ3n) is 2.62. The fraction of sp³-hybridized carbons (Fsp3) is 0.800. The Morgan fingerprint density at radius 2 is 2.38 bits per heavy atom. The van der Waals surface area contributed by atoms with E-state index in [4.69, 9.17) is 5.11 Å². The normalized spacial score (nSPS) is 15.0. The van der Waals surface area contributed by atoms with Gasteiger partial charge in [-0.25, -0.2) is 9.67 Å². The van der Waals surface area contributed by atoms with E-state index >= 15 is 0 Å². The minimum Gasteiger partial charge on any atom is -0.395 e. The molecule has 0 fully saturated rings. The van der Waals surface area contributed by atoms with Crippen LogP contribution in [0.15, 0.2) is 6.33 Å². The highest BCUT2D eigenvalue weighted by Crippen LogP contribution is 2.10. The quantitative estimate of drug-likeness (QED) is 0.731. The summed E-state index contributed by atoms with van der Waals surface area (Å²) in [6.07, 6.45) is 3.58. The molecular formula is C10H20N4OS. The summed E-state index contributed by atoms with van der Waals surface area (Å²) >= 11 is 1.67. The van der Waals surface area contributed by atoms with E-state index in [0.29, 0.717) is 6.54 Å². The summed E-state index contributed by atoms with van der Waals surface area (Å²) < 4.78 is 1.87. The van der Waals surface area contributed by atoms with Crippen LogP contribution >= 0.6 is 11.8 Å². The van der Waals surface area contributed by atoms with Crippen molar-refractivity contribution in [1.82, 2.24) is 20.1 Å². The van der Waals surface area contributed by atoms with E-state index in [2.05, 4.69) is 22.3 Å². The number of hydrogen-bond donors (Lipinski definition) is 2. The van der Waals surface area contributed by atoms with Gasteiger partial charge >= 0.3 is 0 Å². The number of aryl methyl sites for hydroxylation is 1. The molecule has 1 aromatic heterocycles. The van der Waals surface area contributed by atoms with Crippen LogP contribution in [0.5, 0.6) is 0 Å². The molecule has 2 N–H and O–H groups in total. The topological polar surface area (TPSA) is 63.0 Å². The first-order valence-corrected chi connectivity index (χ1v) is 6.75. The Hall–Kier alpha value is -0.590. The summed E-state index contributed by atoms with van der Waals surface area (Å²) in [6.45, 7) is 5.82. The van der Waals surface area contributed by atoms with Gasteiger partial charge in [0.15, 0.2) is 0 Å². The Labute approximate surface area is 101 Å². The summed E-state index contributed by atoms with van der Waals surface area (Å²) in [5, 5.41) is 16.8. The fourth-order valence-electron chi connectivity index (χ4n) is 1.51. The van der Waals surface area contributed by atoms with Gasteiger partial charge in [-0.2, -0.15) is 16.9 Å². The van der Waals surface area contributed by atoms with Gasteiger partial charge in [-0.05, 0) is 20.1 Å². The Morgan fingerprint density at radius 1 is 1.62 bits per heavy atom. The molecule has 0 radical (unpaired) electrons. The second-order valence-corrected chi connectivity index (χ2v) is 4.70. The first-order chi connectivity index (χ1) is 7.72. The third-order valence-corrected chi connectivity index (χ3v) is 3.78. The zero-order valence-electron chi connectivity index (χ0n) is 10.1. The molecule has 0 spiro atoms. The van der Waals surface area contributed by atoms with Gasteiger partial charge in [-0.1, -0.05) is 0 Å². The predicted octanol–water partition coefficient (Wildman–Crippen LogP) is 0.500. The first kappa shape index (κ1) is 13.5. The molecule has 0 bridgehead atoms. The second kappa shape index (κ2) is 6.88. The van der Waals surface area contributed by atoms with Gasteiger partial charge < -0.3 is 10.4 Å². The van der Waals surface area contributed by atoms with E-state index in [1.54, 1.807) is 18.1 Å². The van der Waals surface area contributed by atoms with Gasteiger partial charge in [-0.15, -0.1) is 0 Å². The van der Waals surface area contributed by atoms with Gasteiger partial charge in [0.05, 0.1) is 13.2 Å². The number of aliphatic hydroxyl groups excluding tert-OH is 1. The molecule has 0 aliphatic rings. The summed E-state index contributed by atoms with van der Waals surface area (Å²) in [5.74, 6) is 0.937. The molecule has 2 unspecified atom stereocenters. The van der Waals surface area contributed by atoms with Crippen LogP contribution in [0.25, 0.3) is 0 Å². The Kier molecular flexibility index (Phi) is 5.79. The van der Waals surface area contributed by atoms with Gasteiger partial charge in [0.25, 0.3) is 0 Å². The molecule has 2 atom stereocenters. The zero-order valence-corrected chi connectivity index (χ0v) is 10.9. The number of nitrogens with one attached hydrogen (secondary N) is 1. The van der Waals surface area contributed by atoms with Gasteiger partial charge in [0.2, 0.25) is 0 Å². The average Bonchev–Trinajstić information content (AvgIpc) is 2.75. The van der Waals surface area contributed by atoms with Crippen LogP contribution in [0, 0.1) is 0 Å². The SMILES string of the molecule is CCn1ncnc1CNC(C)C(CO)SC. The van der Waals surface area contributed by atoms with Crippen molar-refractivity contribution in [1.29, 1.82) is 0 Å². The van der Waals surface area contributed by atoms with E-state index in [-0.39, 0.29) is 17.9 Å². The van der Waals surface area contributed by atoms with Gasteiger partial charge in [-0.3, -0.25) is 0 Å². The van der Waals surface area contributed by atoms with Crippen molar-refractivity contribution in [2.45, 2.75) is 38.2 Å². The lowest BCUT2D eigenvalue weighted by Crippen LogP contribution is -2.37. The minimum absolute atomic E-state index is 0.190. The summed E-state index contributed by atoms with van der Waals surface area (Å²) in [7, 11) is 0. The maximum atomic E-state index is 9.16. The van der Waals surface area contributed by atoms with E-state index in [9.17, 15) is 0 Å². The van der Waals surface area contributed by atoms with Crippen molar-refractivity contribution in [3.8, 4) is 0 Å². The lowest BCUT2D eigenvalue weighted by molar-refractivity contribution is 0.275. The summed E-state index contributed by atoms with van der Waals surface area (Å²) in [5.41, 5.74) is 0. The molecule has 0 amide bonds. The number of thioether (sulfide) groups is 1. The zero-order chi connectivity index (χ0) is 12.0. The number of hydrogen-bond acceptors (Lipinski definition) is 5.